The van der Waals surface area contributed by atoms with E-state index < -0.39 is 11.0 Å². The van der Waals surface area contributed by atoms with E-state index in [0.29, 0.717) is 31.5 Å². The van der Waals surface area contributed by atoms with Crippen LogP contribution in [0.5, 0.6) is 0 Å². The number of hydrogen-bond acceptors (Lipinski definition) is 5. The first kappa shape index (κ1) is 14.9. The maximum atomic E-state index is 11.2. The van der Waals surface area contributed by atoms with E-state index in [9.17, 15) is 20.2 Å². The topological polar surface area (TPSA) is 113 Å². The summed E-state index contributed by atoms with van der Waals surface area (Å²) in [6.45, 7) is 1.05. The molecule has 2 rings (SSSR count). The molecule has 1 heterocycles. The predicted octanol–water partition coefficient (Wildman–Crippen LogP) is 1.36. The first-order valence-electron chi connectivity index (χ1n) is 6.71. The summed E-state index contributed by atoms with van der Waals surface area (Å²) in [6.07, 6.45) is 1.16. The molecule has 1 saturated heterocycles. The summed E-state index contributed by atoms with van der Waals surface area (Å²) in [4.78, 5) is 23.6. The number of nitrogens with zero attached hydrogens (tertiary/aromatic N) is 3. The molecule has 0 aromatic heterocycles. The van der Waals surface area contributed by atoms with Crippen molar-refractivity contribution in [3.05, 3.63) is 39.9 Å². The molecule has 1 unspecified atom stereocenters. The van der Waals surface area contributed by atoms with E-state index in [0.717, 1.165) is 0 Å². The fourth-order valence-electron chi connectivity index (χ4n) is 2.68. The molecule has 1 aliphatic rings. The van der Waals surface area contributed by atoms with Crippen LogP contribution in [0.2, 0.25) is 0 Å². The minimum atomic E-state index is -0.680. The Hall–Kier alpha value is -2.46. The zero-order valence-corrected chi connectivity index (χ0v) is 11.4. The van der Waals surface area contributed by atoms with Crippen LogP contribution in [-0.2, 0) is 4.79 Å². The summed E-state index contributed by atoms with van der Waals surface area (Å²) in [5.41, 5.74) is 5.62. The third-order valence-electron chi connectivity index (χ3n) is 3.85. The van der Waals surface area contributed by atoms with Gasteiger partial charge in [0.2, 0.25) is 5.91 Å². The molecule has 110 valence electrons. The van der Waals surface area contributed by atoms with Gasteiger partial charge in [-0.2, -0.15) is 5.26 Å². The molecule has 1 aromatic rings. The second kappa shape index (κ2) is 6.33. The number of para-hydroxylation sites is 1. The third-order valence-corrected chi connectivity index (χ3v) is 3.85. The Labute approximate surface area is 122 Å². The molecular weight excluding hydrogens is 272 g/mol. The molecule has 7 heteroatoms. The Kier molecular flexibility index (Phi) is 4.50. The van der Waals surface area contributed by atoms with Crippen LogP contribution >= 0.6 is 0 Å². The van der Waals surface area contributed by atoms with Crippen LogP contribution in [0.15, 0.2) is 24.3 Å². The van der Waals surface area contributed by atoms with Crippen molar-refractivity contribution < 1.29 is 9.72 Å². The molecule has 0 aliphatic carbocycles. The molecule has 0 radical (unpaired) electrons. The maximum absolute atomic E-state index is 11.2. The molecule has 1 atom stereocenters. The van der Waals surface area contributed by atoms with Crippen molar-refractivity contribution in [1.82, 2.24) is 4.90 Å². The van der Waals surface area contributed by atoms with Gasteiger partial charge in [0.1, 0.15) is 6.04 Å². The van der Waals surface area contributed by atoms with Gasteiger partial charge < -0.3 is 5.73 Å². The Morgan fingerprint density at radius 3 is 2.57 bits per heavy atom. The monoisotopic (exact) mass is 288 g/mol. The maximum Gasteiger partial charge on any atom is 0.275 e. The molecular formula is C14H16N4O3. The number of amides is 1. The largest absolute Gasteiger partial charge is 0.369 e. The van der Waals surface area contributed by atoms with Crippen molar-refractivity contribution in [3.8, 4) is 6.07 Å². The van der Waals surface area contributed by atoms with Crippen LogP contribution in [0.4, 0.5) is 5.69 Å². The summed E-state index contributed by atoms with van der Waals surface area (Å²) in [7, 11) is 0. The van der Waals surface area contributed by atoms with Gasteiger partial charge in [0, 0.05) is 25.1 Å². The first-order chi connectivity index (χ1) is 10.0. The lowest BCUT2D eigenvalue weighted by molar-refractivity contribution is -0.385. The second-order valence-corrected chi connectivity index (χ2v) is 5.06. The van der Waals surface area contributed by atoms with Crippen LogP contribution in [0.3, 0.4) is 0 Å². The smallest absolute Gasteiger partial charge is 0.275 e. The highest BCUT2D eigenvalue weighted by Crippen LogP contribution is 2.31. The van der Waals surface area contributed by atoms with Crippen molar-refractivity contribution in [2.75, 3.05) is 13.1 Å². The fraction of sp³-hybridized carbons (Fsp3) is 0.429. The number of primary amides is 1. The Morgan fingerprint density at radius 2 is 2.05 bits per heavy atom. The molecule has 0 saturated carbocycles. The third kappa shape index (κ3) is 3.17. The van der Waals surface area contributed by atoms with Gasteiger partial charge in [0.05, 0.1) is 16.6 Å². The average molecular weight is 288 g/mol. The van der Waals surface area contributed by atoms with Crippen LogP contribution in [0, 0.1) is 27.4 Å². The molecule has 1 aromatic carbocycles. The van der Waals surface area contributed by atoms with Crippen molar-refractivity contribution >= 4 is 11.6 Å². The molecule has 7 nitrogen and oxygen atoms in total. The summed E-state index contributed by atoms with van der Waals surface area (Å²) in [5.74, 6) is -0.500. The number of benzene rings is 1. The first-order valence-corrected chi connectivity index (χ1v) is 6.71. The van der Waals surface area contributed by atoms with Crippen molar-refractivity contribution in [1.29, 1.82) is 5.26 Å². The highest BCUT2D eigenvalue weighted by Gasteiger charge is 2.31. The van der Waals surface area contributed by atoms with Crippen molar-refractivity contribution in [2.24, 2.45) is 11.7 Å². The number of hydrogen-bond donors (Lipinski definition) is 1. The fourth-order valence-corrected chi connectivity index (χ4v) is 2.68. The number of carbonyl (C=O) groups excluding carboxylic acids is 1. The lowest BCUT2D eigenvalue weighted by Gasteiger charge is -2.33. The van der Waals surface area contributed by atoms with E-state index in [1.165, 1.54) is 6.07 Å². The van der Waals surface area contributed by atoms with Crippen LogP contribution in [0.25, 0.3) is 0 Å². The Balaban J connectivity index is 2.21. The van der Waals surface area contributed by atoms with E-state index in [-0.39, 0.29) is 17.5 Å². The lowest BCUT2D eigenvalue weighted by atomic mass is 9.93. The number of nitriles is 1. The molecule has 21 heavy (non-hydrogen) atoms. The molecule has 0 spiro atoms. The molecule has 1 fully saturated rings. The quantitative estimate of drug-likeness (QED) is 0.663. The summed E-state index contributed by atoms with van der Waals surface area (Å²) < 4.78 is 0. The van der Waals surface area contributed by atoms with Gasteiger partial charge in [-0.1, -0.05) is 12.1 Å². The molecule has 2 N–H and O–H groups in total. The number of carbonyl (C=O) groups is 1. The molecule has 1 amide bonds. The van der Waals surface area contributed by atoms with Gasteiger partial charge in [-0.3, -0.25) is 19.8 Å². The van der Waals surface area contributed by atoms with E-state index in [1.807, 2.05) is 4.90 Å². The van der Waals surface area contributed by atoms with Crippen LogP contribution < -0.4 is 5.73 Å². The summed E-state index contributed by atoms with van der Waals surface area (Å²) in [6, 6.07) is 7.72. The van der Waals surface area contributed by atoms with Gasteiger partial charge in [-0.15, -0.1) is 0 Å². The van der Waals surface area contributed by atoms with Crippen LogP contribution in [0.1, 0.15) is 24.4 Å². The van der Waals surface area contributed by atoms with E-state index in [1.54, 1.807) is 18.2 Å². The number of piperidine rings is 1. The lowest BCUT2D eigenvalue weighted by Crippen LogP contribution is -2.40. The van der Waals surface area contributed by atoms with Crippen molar-refractivity contribution in [3.63, 3.8) is 0 Å². The second-order valence-electron chi connectivity index (χ2n) is 5.06. The SMILES string of the molecule is N#CC(c1ccccc1[N+](=O)[O-])N1CCC(C(N)=O)CC1. The highest BCUT2D eigenvalue weighted by molar-refractivity contribution is 5.76. The normalized spacial score (nSPS) is 17.9. The van der Waals surface area contributed by atoms with Gasteiger partial charge in [0.15, 0.2) is 0 Å². The number of nitro groups is 1. The number of nitrogens with two attached hydrogens (primary N) is 1. The number of rotatable bonds is 4. The zero-order valence-electron chi connectivity index (χ0n) is 11.4. The van der Waals surface area contributed by atoms with E-state index in [4.69, 9.17) is 5.73 Å². The zero-order chi connectivity index (χ0) is 15.4. The summed E-state index contributed by atoms with van der Waals surface area (Å²) in [5, 5.41) is 20.5. The minimum absolute atomic E-state index is 0.0546. The molecule has 1 aliphatic heterocycles. The standard InChI is InChI=1S/C14H16N4O3/c15-9-13(11-3-1-2-4-12(11)18(20)21)17-7-5-10(6-8-17)14(16)19/h1-4,10,13H,5-8H2,(H2,16,19). The minimum Gasteiger partial charge on any atom is -0.369 e. The highest BCUT2D eigenvalue weighted by atomic mass is 16.6. The van der Waals surface area contributed by atoms with E-state index >= 15 is 0 Å². The molecule has 0 bridgehead atoms. The number of likely N-dealkylation sites (tertiary alicyclic amines) is 1. The Morgan fingerprint density at radius 1 is 1.43 bits per heavy atom. The predicted molar refractivity (Wildman–Crippen MR) is 74.9 cm³/mol. The number of nitro benzene ring substituents is 1. The van der Waals surface area contributed by atoms with E-state index in [2.05, 4.69) is 6.07 Å². The van der Waals surface area contributed by atoms with Gasteiger partial charge in [-0.25, -0.2) is 0 Å². The van der Waals surface area contributed by atoms with Gasteiger partial charge >= 0.3 is 0 Å². The Bertz CT molecular complexity index is 588. The van der Waals surface area contributed by atoms with Gasteiger partial charge in [0.25, 0.3) is 5.69 Å². The van der Waals surface area contributed by atoms with Crippen molar-refractivity contribution in [2.45, 2.75) is 18.9 Å². The van der Waals surface area contributed by atoms with Gasteiger partial charge in [-0.05, 0) is 18.9 Å². The van der Waals surface area contributed by atoms with Crippen LogP contribution in [-0.4, -0.2) is 28.8 Å². The average Bonchev–Trinajstić information content (AvgIpc) is 2.49. The summed E-state index contributed by atoms with van der Waals surface area (Å²) >= 11 is 0.